The summed E-state index contributed by atoms with van der Waals surface area (Å²) in [5, 5.41) is 2.69. The van der Waals surface area contributed by atoms with Gasteiger partial charge in [0.25, 0.3) is 0 Å². The van der Waals surface area contributed by atoms with Crippen LogP contribution in [0.5, 0.6) is 0 Å². The number of pyridine rings is 1. The predicted octanol–water partition coefficient (Wildman–Crippen LogP) is 3.56. The lowest BCUT2D eigenvalue weighted by Gasteiger charge is -2.25. The van der Waals surface area contributed by atoms with E-state index in [4.69, 9.17) is 4.98 Å². The van der Waals surface area contributed by atoms with E-state index >= 15 is 0 Å². The van der Waals surface area contributed by atoms with Gasteiger partial charge in [-0.1, -0.05) is 55.1 Å². The van der Waals surface area contributed by atoms with Crippen LogP contribution in [0.2, 0.25) is 0 Å². The molecule has 3 aromatic rings. The van der Waals surface area contributed by atoms with Gasteiger partial charge in [0.2, 0.25) is 0 Å². The Balaban J connectivity index is 2.31. The summed E-state index contributed by atoms with van der Waals surface area (Å²) in [6.07, 6.45) is 4.83. The van der Waals surface area contributed by atoms with Gasteiger partial charge in [0.05, 0.1) is 6.16 Å². The van der Waals surface area contributed by atoms with Crippen LogP contribution in [-0.2, 0) is 0 Å². The molecule has 0 aliphatic heterocycles. The number of benzene rings is 2. The van der Waals surface area contributed by atoms with Crippen molar-refractivity contribution in [3.63, 3.8) is 0 Å². The first-order valence-corrected chi connectivity index (χ1v) is 9.37. The summed E-state index contributed by atoms with van der Waals surface area (Å²) in [7, 11) is -1.78. The lowest BCUT2D eigenvalue weighted by atomic mass is 10.4. The van der Waals surface area contributed by atoms with Crippen molar-refractivity contribution in [3.05, 3.63) is 97.7 Å². The molecule has 22 heavy (non-hydrogen) atoms. The molecule has 0 aliphatic rings. The summed E-state index contributed by atoms with van der Waals surface area (Å²) < 4.78 is 0. The molecule has 108 valence electrons. The highest BCUT2D eigenvalue weighted by Gasteiger charge is 2.45. The minimum atomic E-state index is -1.78. The lowest BCUT2D eigenvalue weighted by Crippen LogP contribution is -2.34. The normalized spacial score (nSPS) is 11.1. The Morgan fingerprint density at radius 2 is 1.32 bits per heavy atom. The number of aromatic nitrogens is 1. The van der Waals surface area contributed by atoms with Crippen LogP contribution in [0.3, 0.4) is 0 Å². The van der Waals surface area contributed by atoms with Crippen molar-refractivity contribution in [3.8, 4) is 0 Å². The van der Waals surface area contributed by atoms with Gasteiger partial charge in [-0.15, -0.1) is 0 Å². The van der Waals surface area contributed by atoms with E-state index in [0.29, 0.717) is 0 Å². The third-order valence-corrected chi connectivity index (χ3v) is 8.05. The highest BCUT2D eigenvalue weighted by Crippen LogP contribution is 2.54. The summed E-state index contributed by atoms with van der Waals surface area (Å²) >= 11 is 0. The van der Waals surface area contributed by atoms with Crippen LogP contribution < -0.4 is 16.0 Å². The lowest BCUT2D eigenvalue weighted by molar-refractivity contribution is 1.38. The average Bonchev–Trinajstić information content (AvgIpc) is 2.62. The molecular formula is C20H19NP+. The largest absolute Gasteiger partial charge is 0.222 e. The zero-order valence-electron chi connectivity index (χ0n) is 12.5. The average molecular weight is 304 g/mol. The SMILES string of the molecule is C=CC[P+](c1ccccc1)(c1ccccc1)c1ccccn1. The fourth-order valence-corrected chi connectivity index (χ4v) is 6.65. The minimum absolute atomic E-state index is 0.915. The second kappa shape index (κ2) is 6.68. The third kappa shape index (κ3) is 2.61. The summed E-state index contributed by atoms with van der Waals surface area (Å²) in [5.74, 6) is 0. The van der Waals surface area contributed by atoms with Crippen LogP contribution in [0.4, 0.5) is 0 Å². The van der Waals surface area contributed by atoms with Crippen molar-refractivity contribution in [1.29, 1.82) is 0 Å². The predicted molar refractivity (Wildman–Crippen MR) is 98.0 cm³/mol. The first-order valence-electron chi connectivity index (χ1n) is 7.40. The van der Waals surface area contributed by atoms with E-state index in [1.807, 2.05) is 18.3 Å². The van der Waals surface area contributed by atoms with Crippen molar-refractivity contribution >= 4 is 23.3 Å². The molecule has 1 aromatic heterocycles. The van der Waals surface area contributed by atoms with Crippen LogP contribution in [0.15, 0.2) is 97.7 Å². The maximum Gasteiger partial charge on any atom is 0.193 e. The Labute approximate surface area is 132 Å². The summed E-state index contributed by atoms with van der Waals surface area (Å²) in [6, 6.07) is 27.7. The van der Waals surface area contributed by atoms with E-state index in [9.17, 15) is 0 Å². The van der Waals surface area contributed by atoms with Gasteiger partial charge in [-0.2, -0.15) is 0 Å². The molecule has 0 saturated carbocycles. The van der Waals surface area contributed by atoms with Crippen molar-refractivity contribution in [2.45, 2.75) is 0 Å². The number of allylic oxidation sites excluding steroid dienone is 1. The fraction of sp³-hybridized carbons (Fsp3) is 0.0500. The van der Waals surface area contributed by atoms with Crippen LogP contribution in [-0.4, -0.2) is 11.1 Å². The highest BCUT2D eigenvalue weighted by molar-refractivity contribution is 7.95. The van der Waals surface area contributed by atoms with Crippen molar-refractivity contribution in [2.24, 2.45) is 0 Å². The van der Waals surface area contributed by atoms with Gasteiger partial charge < -0.3 is 0 Å². The molecular weight excluding hydrogens is 285 g/mol. The number of rotatable bonds is 5. The Kier molecular flexibility index (Phi) is 4.46. The molecule has 0 N–H and O–H groups in total. The highest BCUT2D eigenvalue weighted by atomic mass is 31.2. The minimum Gasteiger partial charge on any atom is -0.222 e. The summed E-state index contributed by atoms with van der Waals surface area (Å²) in [4.78, 5) is 4.72. The van der Waals surface area contributed by atoms with Gasteiger partial charge >= 0.3 is 0 Å². The molecule has 2 aromatic carbocycles. The molecule has 0 aliphatic carbocycles. The first-order chi connectivity index (χ1) is 10.9. The smallest absolute Gasteiger partial charge is 0.193 e. The maximum atomic E-state index is 4.72. The van der Waals surface area contributed by atoms with E-state index in [1.165, 1.54) is 10.6 Å². The van der Waals surface area contributed by atoms with Gasteiger partial charge in [0.1, 0.15) is 17.9 Å². The number of nitrogens with zero attached hydrogens (tertiary/aromatic N) is 1. The molecule has 0 atom stereocenters. The van der Waals surface area contributed by atoms with Gasteiger partial charge in [-0.25, -0.2) is 4.98 Å². The van der Waals surface area contributed by atoms with Gasteiger partial charge in [-0.3, -0.25) is 0 Å². The molecule has 2 heteroatoms. The second-order valence-corrected chi connectivity index (χ2v) is 8.62. The van der Waals surface area contributed by atoms with Crippen molar-refractivity contribution in [1.82, 2.24) is 4.98 Å². The Morgan fingerprint density at radius 1 is 0.773 bits per heavy atom. The number of hydrogen-bond donors (Lipinski definition) is 0. The molecule has 0 unspecified atom stereocenters. The molecule has 1 heterocycles. The Morgan fingerprint density at radius 3 is 1.77 bits per heavy atom. The second-order valence-electron chi connectivity index (χ2n) is 5.14. The molecule has 0 fully saturated rings. The quantitative estimate of drug-likeness (QED) is 0.519. The van der Waals surface area contributed by atoms with Gasteiger partial charge in [-0.05, 0) is 30.3 Å². The Hall–Kier alpha value is -2.24. The molecule has 0 radical (unpaired) electrons. The van der Waals surface area contributed by atoms with Gasteiger partial charge in [0.15, 0.2) is 5.44 Å². The van der Waals surface area contributed by atoms with Crippen molar-refractivity contribution < 1.29 is 0 Å². The van der Waals surface area contributed by atoms with Crippen LogP contribution in [0, 0.1) is 0 Å². The number of hydrogen-bond acceptors (Lipinski definition) is 1. The van der Waals surface area contributed by atoms with E-state index in [1.54, 1.807) is 0 Å². The zero-order chi connectivity index (χ0) is 15.3. The fourth-order valence-electron chi connectivity index (χ4n) is 2.86. The third-order valence-electron chi connectivity index (χ3n) is 3.84. The van der Waals surface area contributed by atoms with E-state index in [0.717, 1.165) is 11.6 Å². The standard InChI is InChI=1S/C20H19NP/c1-2-17-22(18-11-5-3-6-12-18,19-13-7-4-8-14-19)20-15-9-10-16-21-20/h2-16H,1,17H2/q+1. The van der Waals surface area contributed by atoms with Crippen molar-refractivity contribution in [2.75, 3.05) is 6.16 Å². The zero-order valence-corrected chi connectivity index (χ0v) is 13.4. The van der Waals surface area contributed by atoms with Gasteiger partial charge in [0, 0.05) is 12.3 Å². The molecule has 0 saturated heterocycles. The summed E-state index contributed by atoms with van der Waals surface area (Å²) in [5.41, 5.74) is 1.16. The first kappa shape index (κ1) is 14.7. The van der Waals surface area contributed by atoms with E-state index in [-0.39, 0.29) is 0 Å². The van der Waals surface area contributed by atoms with E-state index in [2.05, 4.69) is 79.4 Å². The Bertz CT molecular complexity index is 627. The molecule has 0 bridgehead atoms. The van der Waals surface area contributed by atoms with Crippen LogP contribution in [0.25, 0.3) is 0 Å². The molecule has 3 rings (SSSR count). The summed E-state index contributed by atoms with van der Waals surface area (Å²) in [6.45, 7) is 4.02. The molecule has 1 nitrogen and oxygen atoms in total. The molecule has 0 amide bonds. The van der Waals surface area contributed by atoms with E-state index < -0.39 is 7.26 Å². The monoisotopic (exact) mass is 304 g/mol. The maximum absolute atomic E-state index is 4.72. The topological polar surface area (TPSA) is 12.9 Å². The van der Waals surface area contributed by atoms with Crippen LogP contribution in [0.1, 0.15) is 0 Å². The van der Waals surface area contributed by atoms with Crippen LogP contribution >= 0.6 is 7.26 Å². The molecule has 0 spiro atoms.